The Morgan fingerprint density at radius 3 is 2.76 bits per heavy atom. The second-order valence-corrected chi connectivity index (χ2v) is 5.90. The van der Waals surface area contributed by atoms with Crippen LogP contribution in [0.2, 0.25) is 0 Å². The Kier molecular flexibility index (Phi) is 3.56. The zero-order valence-electron chi connectivity index (χ0n) is 10.5. The predicted octanol–water partition coefficient (Wildman–Crippen LogP) is 3.27. The first-order valence-corrected chi connectivity index (χ1v) is 6.87. The maximum Gasteiger partial charge on any atom is 0.224 e. The van der Waals surface area contributed by atoms with Crippen LogP contribution >= 0.6 is 15.9 Å². The van der Waals surface area contributed by atoms with E-state index in [4.69, 9.17) is 0 Å². The summed E-state index contributed by atoms with van der Waals surface area (Å²) in [6.45, 7) is 7.32. The number of nitrogens with one attached hydrogen (secondary N) is 2. The van der Waals surface area contributed by atoms with E-state index in [1.807, 2.05) is 6.92 Å². The molecule has 0 unspecified atom stereocenters. The lowest BCUT2D eigenvalue weighted by Crippen LogP contribution is -2.34. The summed E-state index contributed by atoms with van der Waals surface area (Å²) in [6.07, 6.45) is 4.40. The van der Waals surface area contributed by atoms with E-state index in [1.54, 1.807) is 6.20 Å². The molecule has 0 spiro atoms. The lowest BCUT2D eigenvalue weighted by atomic mass is 9.99. The quantitative estimate of drug-likeness (QED) is 0.876. The predicted molar refractivity (Wildman–Crippen MR) is 74.3 cm³/mol. The molecule has 0 saturated heterocycles. The van der Waals surface area contributed by atoms with Gasteiger partial charge in [0.2, 0.25) is 5.95 Å². The van der Waals surface area contributed by atoms with Gasteiger partial charge in [0.15, 0.2) is 0 Å². The van der Waals surface area contributed by atoms with Gasteiger partial charge in [0.05, 0.1) is 4.47 Å². The highest BCUT2D eigenvalue weighted by Crippen LogP contribution is 2.41. The fourth-order valence-electron chi connectivity index (χ4n) is 1.91. The molecule has 1 fully saturated rings. The standard InChI is InChI=1S/C12H19BrN4/c1-4-14-11-15-7-9(13)10(16-11)17-12(2,3)8-5-6-8/h7-8H,4-6H2,1-3H3,(H2,14,15,16,17). The second kappa shape index (κ2) is 4.80. The van der Waals surface area contributed by atoms with E-state index in [1.165, 1.54) is 12.8 Å². The molecule has 1 aliphatic carbocycles. The first-order chi connectivity index (χ1) is 8.03. The Bertz CT molecular complexity index is 401. The first kappa shape index (κ1) is 12.6. The number of aromatic nitrogens is 2. The maximum absolute atomic E-state index is 4.48. The van der Waals surface area contributed by atoms with E-state index < -0.39 is 0 Å². The summed E-state index contributed by atoms with van der Waals surface area (Å²) in [5.41, 5.74) is 0.0976. The Hall–Kier alpha value is -0.840. The molecular weight excluding hydrogens is 280 g/mol. The molecule has 17 heavy (non-hydrogen) atoms. The molecule has 2 rings (SSSR count). The van der Waals surface area contributed by atoms with E-state index in [2.05, 4.69) is 50.4 Å². The smallest absolute Gasteiger partial charge is 0.224 e. The molecule has 0 amide bonds. The number of halogens is 1. The molecule has 0 aromatic carbocycles. The molecule has 1 aliphatic rings. The third-order valence-electron chi connectivity index (χ3n) is 3.12. The Morgan fingerprint density at radius 2 is 2.18 bits per heavy atom. The molecule has 1 aromatic heterocycles. The van der Waals surface area contributed by atoms with Crippen molar-refractivity contribution in [1.82, 2.24) is 9.97 Å². The van der Waals surface area contributed by atoms with Crippen molar-refractivity contribution < 1.29 is 0 Å². The largest absolute Gasteiger partial charge is 0.364 e. The van der Waals surface area contributed by atoms with Crippen LogP contribution < -0.4 is 10.6 Å². The maximum atomic E-state index is 4.48. The van der Waals surface area contributed by atoms with Gasteiger partial charge in [0.1, 0.15) is 5.82 Å². The molecule has 94 valence electrons. The van der Waals surface area contributed by atoms with E-state index in [0.29, 0.717) is 5.95 Å². The van der Waals surface area contributed by atoms with Crippen molar-refractivity contribution in [3.8, 4) is 0 Å². The van der Waals surface area contributed by atoms with Gasteiger partial charge in [-0.1, -0.05) is 0 Å². The molecule has 1 saturated carbocycles. The van der Waals surface area contributed by atoms with Gasteiger partial charge in [0.25, 0.3) is 0 Å². The second-order valence-electron chi connectivity index (χ2n) is 5.04. The molecule has 5 heteroatoms. The molecule has 1 aromatic rings. The highest BCUT2D eigenvalue weighted by Gasteiger charge is 2.38. The monoisotopic (exact) mass is 298 g/mol. The van der Waals surface area contributed by atoms with Crippen LogP contribution in [0.15, 0.2) is 10.7 Å². The Morgan fingerprint density at radius 1 is 1.47 bits per heavy atom. The van der Waals surface area contributed by atoms with Gasteiger partial charge in [-0.2, -0.15) is 4.98 Å². The van der Waals surface area contributed by atoms with Crippen LogP contribution in [0, 0.1) is 5.92 Å². The number of rotatable bonds is 5. The van der Waals surface area contributed by atoms with Crippen molar-refractivity contribution >= 4 is 27.7 Å². The van der Waals surface area contributed by atoms with Gasteiger partial charge in [0, 0.05) is 18.3 Å². The van der Waals surface area contributed by atoms with E-state index in [9.17, 15) is 0 Å². The SMILES string of the molecule is CCNc1ncc(Br)c(NC(C)(C)C2CC2)n1. The van der Waals surface area contributed by atoms with Gasteiger partial charge >= 0.3 is 0 Å². The summed E-state index contributed by atoms with van der Waals surface area (Å²) in [5.74, 6) is 2.30. The van der Waals surface area contributed by atoms with Crippen LogP contribution in [0.5, 0.6) is 0 Å². The first-order valence-electron chi connectivity index (χ1n) is 6.07. The zero-order chi connectivity index (χ0) is 12.5. The normalized spacial score (nSPS) is 15.8. The summed E-state index contributed by atoms with van der Waals surface area (Å²) in [5, 5.41) is 6.63. The lowest BCUT2D eigenvalue weighted by Gasteiger charge is -2.27. The van der Waals surface area contributed by atoms with Crippen molar-refractivity contribution in [2.45, 2.75) is 39.2 Å². The van der Waals surface area contributed by atoms with Gasteiger partial charge in [-0.3, -0.25) is 0 Å². The molecule has 0 radical (unpaired) electrons. The molecule has 0 aliphatic heterocycles. The van der Waals surface area contributed by atoms with Crippen LogP contribution in [0.3, 0.4) is 0 Å². The topological polar surface area (TPSA) is 49.8 Å². The third kappa shape index (κ3) is 3.09. The molecular formula is C12H19BrN4. The minimum atomic E-state index is 0.0976. The Balaban J connectivity index is 2.15. The third-order valence-corrected chi connectivity index (χ3v) is 3.70. The van der Waals surface area contributed by atoms with Crippen molar-refractivity contribution in [1.29, 1.82) is 0 Å². The summed E-state index contributed by atoms with van der Waals surface area (Å²) in [4.78, 5) is 8.69. The Labute approximate surface area is 111 Å². The van der Waals surface area contributed by atoms with E-state index in [0.717, 1.165) is 22.8 Å². The molecule has 1 heterocycles. The van der Waals surface area contributed by atoms with Crippen LogP contribution in [-0.4, -0.2) is 22.1 Å². The highest BCUT2D eigenvalue weighted by atomic mass is 79.9. The minimum absolute atomic E-state index is 0.0976. The van der Waals surface area contributed by atoms with Crippen LogP contribution in [0.1, 0.15) is 33.6 Å². The minimum Gasteiger partial charge on any atom is -0.364 e. The number of anilines is 2. The van der Waals surface area contributed by atoms with Crippen molar-refractivity contribution in [3.05, 3.63) is 10.7 Å². The van der Waals surface area contributed by atoms with Crippen molar-refractivity contribution in [2.24, 2.45) is 5.92 Å². The lowest BCUT2D eigenvalue weighted by molar-refractivity contribution is 0.492. The van der Waals surface area contributed by atoms with Gasteiger partial charge in [-0.15, -0.1) is 0 Å². The average molecular weight is 299 g/mol. The number of hydrogen-bond donors (Lipinski definition) is 2. The fourth-order valence-corrected chi connectivity index (χ4v) is 2.20. The summed E-state index contributed by atoms with van der Waals surface area (Å²) >= 11 is 3.49. The summed E-state index contributed by atoms with van der Waals surface area (Å²) < 4.78 is 0.910. The molecule has 0 bridgehead atoms. The summed E-state index contributed by atoms with van der Waals surface area (Å²) in [7, 11) is 0. The molecule has 4 nitrogen and oxygen atoms in total. The molecule has 0 atom stereocenters. The van der Waals surface area contributed by atoms with Crippen LogP contribution in [0.25, 0.3) is 0 Å². The van der Waals surface area contributed by atoms with E-state index >= 15 is 0 Å². The highest BCUT2D eigenvalue weighted by molar-refractivity contribution is 9.10. The zero-order valence-corrected chi connectivity index (χ0v) is 12.1. The van der Waals surface area contributed by atoms with Crippen LogP contribution in [0.4, 0.5) is 11.8 Å². The average Bonchev–Trinajstić information content (AvgIpc) is 3.07. The van der Waals surface area contributed by atoms with Crippen molar-refractivity contribution in [2.75, 3.05) is 17.2 Å². The van der Waals surface area contributed by atoms with Gasteiger partial charge in [-0.05, 0) is 55.5 Å². The number of hydrogen-bond acceptors (Lipinski definition) is 4. The summed E-state index contributed by atoms with van der Waals surface area (Å²) in [6, 6.07) is 0. The number of nitrogens with zero attached hydrogens (tertiary/aromatic N) is 2. The van der Waals surface area contributed by atoms with Gasteiger partial charge in [-0.25, -0.2) is 4.98 Å². The van der Waals surface area contributed by atoms with Gasteiger partial charge < -0.3 is 10.6 Å². The fraction of sp³-hybridized carbons (Fsp3) is 0.667. The molecule has 2 N–H and O–H groups in total. The van der Waals surface area contributed by atoms with E-state index in [-0.39, 0.29) is 5.54 Å². The van der Waals surface area contributed by atoms with Crippen LogP contribution in [-0.2, 0) is 0 Å². The van der Waals surface area contributed by atoms with Crippen molar-refractivity contribution in [3.63, 3.8) is 0 Å².